The topological polar surface area (TPSA) is 54.7 Å². The third-order valence-corrected chi connectivity index (χ3v) is 2.99. The Bertz CT molecular complexity index is 408. The van der Waals surface area contributed by atoms with Crippen molar-refractivity contribution in [1.82, 2.24) is 9.97 Å². The van der Waals surface area contributed by atoms with Crippen molar-refractivity contribution in [3.8, 4) is 0 Å². The minimum Gasteiger partial charge on any atom is -0.349 e. The summed E-state index contributed by atoms with van der Waals surface area (Å²) in [6.07, 6.45) is 4.31. The molecule has 1 atom stereocenters. The number of rotatable bonds is 3. The van der Waals surface area contributed by atoms with Crippen LogP contribution in [-0.2, 0) is 6.42 Å². The van der Waals surface area contributed by atoms with Crippen LogP contribution < -0.4 is 5.73 Å². The zero-order chi connectivity index (χ0) is 10.7. The van der Waals surface area contributed by atoms with Crippen LogP contribution in [0.4, 0.5) is 0 Å². The molecular formula is C11H12IN3. The molecule has 0 aliphatic rings. The Labute approximate surface area is 102 Å². The number of nitrogens with zero attached hydrogens (tertiary/aromatic N) is 1. The summed E-state index contributed by atoms with van der Waals surface area (Å²) in [7, 11) is 0. The molecular weight excluding hydrogens is 301 g/mol. The maximum atomic E-state index is 6.07. The van der Waals surface area contributed by atoms with E-state index < -0.39 is 0 Å². The monoisotopic (exact) mass is 313 g/mol. The van der Waals surface area contributed by atoms with Gasteiger partial charge in [-0.15, -0.1) is 0 Å². The Balaban J connectivity index is 2.08. The van der Waals surface area contributed by atoms with Crippen LogP contribution in [-0.4, -0.2) is 9.97 Å². The number of H-pyrrole nitrogens is 1. The van der Waals surface area contributed by atoms with Gasteiger partial charge < -0.3 is 10.7 Å². The van der Waals surface area contributed by atoms with Gasteiger partial charge in [0.1, 0.15) is 5.82 Å². The van der Waals surface area contributed by atoms with Crippen molar-refractivity contribution in [2.24, 2.45) is 5.73 Å². The minimum atomic E-state index is 0.00755. The molecule has 0 amide bonds. The van der Waals surface area contributed by atoms with E-state index in [-0.39, 0.29) is 6.04 Å². The van der Waals surface area contributed by atoms with Gasteiger partial charge in [-0.1, -0.05) is 12.1 Å². The van der Waals surface area contributed by atoms with Crippen molar-refractivity contribution in [1.29, 1.82) is 0 Å². The molecule has 1 heterocycles. The lowest BCUT2D eigenvalue weighted by Gasteiger charge is -2.10. The van der Waals surface area contributed by atoms with E-state index >= 15 is 0 Å². The van der Waals surface area contributed by atoms with Crippen molar-refractivity contribution in [2.75, 3.05) is 0 Å². The van der Waals surface area contributed by atoms with Gasteiger partial charge in [0.05, 0.1) is 0 Å². The molecule has 0 saturated heterocycles. The summed E-state index contributed by atoms with van der Waals surface area (Å²) < 4.78 is 1.22. The van der Waals surface area contributed by atoms with E-state index in [0.29, 0.717) is 0 Å². The standard InChI is InChI=1S/C11H12IN3/c12-9-3-1-8(2-4-9)10(13)7-11-14-5-6-15-11/h1-6,10H,7,13H2,(H,14,15). The summed E-state index contributed by atoms with van der Waals surface area (Å²) >= 11 is 2.28. The van der Waals surface area contributed by atoms with Crippen molar-refractivity contribution in [2.45, 2.75) is 12.5 Å². The Morgan fingerprint density at radius 3 is 2.67 bits per heavy atom. The van der Waals surface area contributed by atoms with Gasteiger partial charge in [-0.05, 0) is 40.3 Å². The molecule has 0 radical (unpaired) electrons. The summed E-state index contributed by atoms with van der Waals surface area (Å²) in [6, 6.07) is 8.27. The van der Waals surface area contributed by atoms with E-state index in [1.807, 2.05) is 6.20 Å². The highest BCUT2D eigenvalue weighted by Gasteiger charge is 2.07. The van der Waals surface area contributed by atoms with Crippen LogP contribution in [0.1, 0.15) is 17.4 Å². The highest BCUT2D eigenvalue weighted by molar-refractivity contribution is 14.1. The summed E-state index contributed by atoms with van der Waals surface area (Å²) in [6.45, 7) is 0. The number of hydrogen-bond donors (Lipinski definition) is 2. The van der Waals surface area contributed by atoms with Gasteiger partial charge in [0.2, 0.25) is 0 Å². The molecule has 1 unspecified atom stereocenters. The first-order chi connectivity index (χ1) is 7.25. The summed E-state index contributed by atoms with van der Waals surface area (Å²) in [5.74, 6) is 0.932. The summed E-state index contributed by atoms with van der Waals surface area (Å²) in [5.41, 5.74) is 7.22. The number of nitrogens with two attached hydrogens (primary N) is 1. The van der Waals surface area contributed by atoms with Gasteiger partial charge in [-0.25, -0.2) is 4.98 Å². The molecule has 15 heavy (non-hydrogen) atoms. The molecule has 2 aromatic rings. The van der Waals surface area contributed by atoms with Gasteiger partial charge >= 0.3 is 0 Å². The van der Waals surface area contributed by atoms with Gasteiger partial charge in [-0.2, -0.15) is 0 Å². The zero-order valence-electron chi connectivity index (χ0n) is 8.15. The van der Waals surface area contributed by atoms with E-state index in [2.05, 4.69) is 56.8 Å². The van der Waals surface area contributed by atoms with Gasteiger partial charge in [0.25, 0.3) is 0 Å². The fourth-order valence-corrected chi connectivity index (χ4v) is 1.81. The lowest BCUT2D eigenvalue weighted by molar-refractivity contribution is 0.694. The lowest BCUT2D eigenvalue weighted by atomic mass is 10.0. The normalized spacial score (nSPS) is 12.7. The van der Waals surface area contributed by atoms with Crippen LogP contribution in [0.3, 0.4) is 0 Å². The number of benzene rings is 1. The maximum absolute atomic E-state index is 6.07. The predicted molar refractivity (Wildman–Crippen MR) is 68.4 cm³/mol. The lowest BCUT2D eigenvalue weighted by Crippen LogP contribution is -2.14. The molecule has 3 nitrogen and oxygen atoms in total. The van der Waals surface area contributed by atoms with Crippen LogP contribution in [0, 0.1) is 3.57 Å². The van der Waals surface area contributed by atoms with E-state index in [1.165, 1.54) is 3.57 Å². The first-order valence-electron chi connectivity index (χ1n) is 4.75. The predicted octanol–water partition coefficient (Wildman–Crippen LogP) is 2.26. The smallest absolute Gasteiger partial charge is 0.107 e. The molecule has 0 bridgehead atoms. The second-order valence-corrected chi connectivity index (χ2v) is 4.64. The molecule has 0 spiro atoms. The minimum absolute atomic E-state index is 0.00755. The fourth-order valence-electron chi connectivity index (χ4n) is 1.45. The highest BCUT2D eigenvalue weighted by atomic mass is 127. The molecule has 0 aliphatic heterocycles. The number of imidazole rings is 1. The van der Waals surface area contributed by atoms with Crippen LogP contribution in [0.25, 0.3) is 0 Å². The third kappa shape index (κ3) is 2.79. The molecule has 1 aromatic heterocycles. The molecule has 2 rings (SSSR count). The van der Waals surface area contributed by atoms with Crippen molar-refractivity contribution in [3.05, 3.63) is 51.6 Å². The molecule has 1 aromatic carbocycles. The van der Waals surface area contributed by atoms with Crippen LogP contribution >= 0.6 is 22.6 Å². The second kappa shape index (κ2) is 4.76. The zero-order valence-corrected chi connectivity index (χ0v) is 10.3. The molecule has 78 valence electrons. The maximum Gasteiger partial charge on any atom is 0.107 e. The van der Waals surface area contributed by atoms with Crippen molar-refractivity contribution >= 4 is 22.6 Å². The number of halogens is 1. The van der Waals surface area contributed by atoms with Gasteiger partial charge in [0, 0.05) is 28.4 Å². The number of aromatic nitrogens is 2. The first kappa shape index (κ1) is 10.6. The summed E-state index contributed by atoms with van der Waals surface area (Å²) in [4.78, 5) is 7.22. The van der Waals surface area contributed by atoms with Crippen LogP contribution in [0.15, 0.2) is 36.7 Å². The van der Waals surface area contributed by atoms with E-state index in [0.717, 1.165) is 17.8 Å². The fraction of sp³-hybridized carbons (Fsp3) is 0.182. The van der Waals surface area contributed by atoms with Crippen molar-refractivity contribution < 1.29 is 0 Å². The molecule has 4 heteroatoms. The number of nitrogens with one attached hydrogen (secondary N) is 1. The first-order valence-corrected chi connectivity index (χ1v) is 5.83. The third-order valence-electron chi connectivity index (χ3n) is 2.27. The Hall–Kier alpha value is -0.880. The molecule has 3 N–H and O–H groups in total. The van der Waals surface area contributed by atoms with Gasteiger partial charge in [-0.3, -0.25) is 0 Å². The second-order valence-electron chi connectivity index (χ2n) is 3.40. The molecule has 0 saturated carbocycles. The van der Waals surface area contributed by atoms with E-state index in [1.54, 1.807) is 6.20 Å². The average Bonchev–Trinajstić information content (AvgIpc) is 2.71. The van der Waals surface area contributed by atoms with E-state index in [9.17, 15) is 0 Å². The van der Waals surface area contributed by atoms with Crippen molar-refractivity contribution in [3.63, 3.8) is 0 Å². The average molecular weight is 313 g/mol. The van der Waals surface area contributed by atoms with E-state index in [4.69, 9.17) is 5.73 Å². The summed E-state index contributed by atoms with van der Waals surface area (Å²) in [5, 5.41) is 0. The SMILES string of the molecule is NC(Cc1ncc[nH]1)c1ccc(I)cc1. The van der Waals surface area contributed by atoms with Crippen LogP contribution in [0.2, 0.25) is 0 Å². The van der Waals surface area contributed by atoms with Crippen LogP contribution in [0.5, 0.6) is 0 Å². The highest BCUT2D eigenvalue weighted by Crippen LogP contribution is 2.15. The van der Waals surface area contributed by atoms with Gasteiger partial charge in [0.15, 0.2) is 0 Å². The quantitative estimate of drug-likeness (QED) is 0.854. The Morgan fingerprint density at radius 2 is 2.07 bits per heavy atom. The number of hydrogen-bond acceptors (Lipinski definition) is 2. The Morgan fingerprint density at radius 1 is 1.33 bits per heavy atom. The largest absolute Gasteiger partial charge is 0.349 e. The Kier molecular flexibility index (Phi) is 3.37. The number of aromatic amines is 1. The molecule has 0 fully saturated rings. The molecule has 0 aliphatic carbocycles.